The van der Waals surface area contributed by atoms with Crippen LogP contribution in [0.25, 0.3) is 21.3 Å². The Bertz CT molecular complexity index is 249. The van der Waals surface area contributed by atoms with Gasteiger partial charge in [0.25, 0.3) is 0 Å². The topological polar surface area (TPSA) is 56.4 Å². The van der Waals surface area contributed by atoms with Crippen LogP contribution >= 0.6 is 0 Å². The largest absolute Gasteiger partial charge is 0.681 e. The van der Waals surface area contributed by atoms with Crippen molar-refractivity contribution in [1.29, 1.82) is 0 Å². The molecule has 2 atom stereocenters. The molecule has 0 aliphatic heterocycles. The average molecular weight is 400 g/mol. The van der Waals surface area contributed by atoms with Crippen LogP contribution in [0.3, 0.4) is 0 Å². The van der Waals surface area contributed by atoms with E-state index in [1.54, 1.807) is 0 Å². The van der Waals surface area contributed by atoms with Gasteiger partial charge >= 0.3 is 0 Å². The standard InChI is InChI=1S/C13H28N2.C7H16N2.Co/c1-7-12(14-10(3)4)9-13(8-2)15-11(5)6;1-5-8-6-9-7(2,3)4;/h10-13H,7-9H2,1-6H3;5-6H2,1-4H3;/q2*-2;. The minimum Gasteiger partial charge on any atom is -0.681 e. The van der Waals surface area contributed by atoms with E-state index in [1.807, 2.05) is 6.92 Å². The van der Waals surface area contributed by atoms with Crippen molar-refractivity contribution in [3.8, 4) is 0 Å². The van der Waals surface area contributed by atoms with E-state index >= 15 is 0 Å². The zero-order valence-electron chi connectivity index (χ0n) is 18.5. The third-order valence-electron chi connectivity index (χ3n) is 3.37. The molecule has 5 heteroatoms. The number of nitrogens with zero attached hydrogens (tertiary/aromatic N) is 4. The molecule has 0 aromatic heterocycles. The minimum absolute atomic E-state index is 0. The Kier molecular flexibility index (Phi) is 21.4. The summed E-state index contributed by atoms with van der Waals surface area (Å²) >= 11 is 0. The predicted molar refractivity (Wildman–Crippen MR) is 112 cm³/mol. The van der Waals surface area contributed by atoms with Gasteiger partial charge in [0.15, 0.2) is 0 Å². The third kappa shape index (κ3) is 24.3. The summed E-state index contributed by atoms with van der Waals surface area (Å²) in [5.41, 5.74) is 0.0820. The third-order valence-corrected chi connectivity index (χ3v) is 3.37. The fourth-order valence-corrected chi connectivity index (χ4v) is 2.19. The Hall–Kier alpha value is 0.346. The molecule has 0 saturated heterocycles. The summed E-state index contributed by atoms with van der Waals surface area (Å²) < 4.78 is 0. The van der Waals surface area contributed by atoms with Gasteiger partial charge in [0.1, 0.15) is 0 Å². The van der Waals surface area contributed by atoms with Crippen LogP contribution in [0.4, 0.5) is 0 Å². The van der Waals surface area contributed by atoms with Gasteiger partial charge in [-0.1, -0.05) is 88.5 Å². The molecule has 0 aromatic carbocycles. The predicted octanol–water partition coefficient (Wildman–Crippen LogP) is 7.01. The normalized spacial score (nSPS) is 13.9. The summed E-state index contributed by atoms with van der Waals surface area (Å²) in [6.45, 7) is 22.9. The van der Waals surface area contributed by atoms with E-state index in [0.29, 0.717) is 30.8 Å². The molecule has 0 rings (SSSR count). The molecule has 0 N–H and O–H groups in total. The molecule has 0 spiro atoms. The van der Waals surface area contributed by atoms with Crippen molar-refractivity contribution < 1.29 is 16.8 Å². The van der Waals surface area contributed by atoms with Crippen LogP contribution in [0.1, 0.15) is 88.5 Å². The quantitative estimate of drug-likeness (QED) is 0.336. The van der Waals surface area contributed by atoms with Crippen LogP contribution in [0.15, 0.2) is 0 Å². The Morgan fingerprint density at radius 2 is 1.16 bits per heavy atom. The number of rotatable bonds is 11. The van der Waals surface area contributed by atoms with Gasteiger partial charge in [0, 0.05) is 16.8 Å². The van der Waals surface area contributed by atoms with Crippen molar-refractivity contribution >= 4 is 0 Å². The summed E-state index contributed by atoms with van der Waals surface area (Å²) in [5.74, 6) is 0. The van der Waals surface area contributed by atoms with Crippen LogP contribution < -0.4 is 0 Å². The molecule has 25 heavy (non-hydrogen) atoms. The molecule has 0 bridgehead atoms. The Balaban J connectivity index is -0.000000418. The van der Waals surface area contributed by atoms with E-state index in [1.165, 1.54) is 0 Å². The molecule has 0 fully saturated rings. The summed E-state index contributed by atoms with van der Waals surface area (Å²) in [4.78, 5) is 0. The fourth-order valence-electron chi connectivity index (χ4n) is 2.19. The van der Waals surface area contributed by atoms with Crippen LogP contribution in [-0.2, 0) is 16.8 Å². The Morgan fingerprint density at radius 3 is 1.40 bits per heavy atom. The molecule has 157 valence electrons. The molecule has 0 aliphatic carbocycles. The molecule has 4 nitrogen and oxygen atoms in total. The van der Waals surface area contributed by atoms with E-state index in [9.17, 15) is 0 Å². The second-order valence-corrected chi connectivity index (χ2v) is 7.86. The van der Waals surface area contributed by atoms with Gasteiger partial charge in [-0.3, -0.25) is 6.67 Å². The number of hydrogen-bond acceptors (Lipinski definition) is 0. The van der Waals surface area contributed by atoms with Crippen molar-refractivity contribution in [1.82, 2.24) is 0 Å². The molecule has 0 aromatic rings. The molecule has 0 amide bonds. The first kappa shape index (κ1) is 30.1. The summed E-state index contributed by atoms with van der Waals surface area (Å²) in [7, 11) is 0. The molecule has 0 heterocycles. The van der Waals surface area contributed by atoms with E-state index in [4.69, 9.17) is 10.6 Å². The van der Waals surface area contributed by atoms with E-state index < -0.39 is 0 Å². The van der Waals surface area contributed by atoms with E-state index in [-0.39, 0.29) is 22.3 Å². The van der Waals surface area contributed by atoms with Crippen LogP contribution in [0.5, 0.6) is 0 Å². The smallest absolute Gasteiger partial charge is 0 e. The van der Waals surface area contributed by atoms with E-state index in [0.717, 1.165) is 25.8 Å². The van der Waals surface area contributed by atoms with Crippen molar-refractivity contribution in [3.63, 3.8) is 0 Å². The maximum absolute atomic E-state index is 4.73. The molecule has 0 saturated carbocycles. The summed E-state index contributed by atoms with van der Waals surface area (Å²) in [6, 6.07) is 1.90. The minimum atomic E-state index is 0. The second kappa shape index (κ2) is 17.7. The van der Waals surface area contributed by atoms with Gasteiger partial charge in [0.2, 0.25) is 0 Å². The van der Waals surface area contributed by atoms with E-state index in [2.05, 4.69) is 72.9 Å². The Labute approximate surface area is 169 Å². The SMILES string of the molecule is CCC(CC(CC)[N-]C(C)C)[N-]C(C)C.CC[N-]C[N-]C(C)(C)C.[Co]. The van der Waals surface area contributed by atoms with Gasteiger partial charge in [0.05, 0.1) is 0 Å². The van der Waals surface area contributed by atoms with Gasteiger partial charge in [-0.05, 0) is 0 Å². The molecule has 2 unspecified atom stereocenters. The van der Waals surface area contributed by atoms with Crippen molar-refractivity contribution in [3.05, 3.63) is 21.3 Å². The van der Waals surface area contributed by atoms with Crippen LogP contribution in [-0.4, -0.2) is 42.9 Å². The zero-order chi connectivity index (χ0) is 19.2. The van der Waals surface area contributed by atoms with Gasteiger partial charge in [-0.25, -0.2) is 0 Å². The first-order valence-electron chi connectivity index (χ1n) is 9.77. The van der Waals surface area contributed by atoms with Gasteiger partial charge in [-0.15, -0.1) is 29.7 Å². The monoisotopic (exact) mass is 399 g/mol. The zero-order valence-corrected chi connectivity index (χ0v) is 19.5. The van der Waals surface area contributed by atoms with Crippen LogP contribution in [0.2, 0.25) is 0 Å². The average Bonchev–Trinajstić information content (AvgIpc) is 2.44. The molecular weight excluding hydrogens is 355 g/mol. The maximum Gasteiger partial charge on any atom is 0 e. The van der Waals surface area contributed by atoms with Gasteiger partial charge < -0.3 is 21.3 Å². The van der Waals surface area contributed by atoms with Gasteiger partial charge in [-0.2, -0.15) is 6.54 Å². The first-order valence-corrected chi connectivity index (χ1v) is 9.77. The summed E-state index contributed by atoms with van der Waals surface area (Å²) in [5, 5.41) is 17.8. The first-order chi connectivity index (χ1) is 11.1. The molecule has 0 aliphatic rings. The van der Waals surface area contributed by atoms with Crippen molar-refractivity contribution in [2.75, 3.05) is 13.2 Å². The second-order valence-electron chi connectivity index (χ2n) is 7.86. The van der Waals surface area contributed by atoms with Crippen molar-refractivity contribution in [2.24, 2.45) is 0 Å². The van der Waals surface area contributed by atoms with Crippen LogP contribution in [0, 0.1) is 0 Å². The fraction of sp³-hybridized carbons (Fsp3) is 1.00. The number of hydrogen-bond donors (Lipinski definition) is 0. The Morgan fingerprint density at radius 1 is 0.760 bits per heavy atom. The van der Waals surface area contributed by atoms with Crippen molar-refractivity contribution in [2.45, 2.75) is 118 Å². The summed E-state index contributed by atoms with van der Waals surface area (Å²) in [6.07, 6.45) is 3.41. The molecule has 1 radical (unpaired) electrons. The molecular formula is C20H44CoN4-4. The maximum atomic E-state index is 4.73.